The third-order valence-electron chi connectivity index (χ3n) is 3.14. The van der Waals surface area contributed by atoms with Crippen molar-refractivity contribution < 1.29 is 9.18 Å². The maximum atomic E-state index is 12.9. The number of halogens is 1. The molecule has 1 saturated heterocycles. The third kappa shape index (κ3) is 2.75. The molecule has 1 fully saturated rings. The summed E-state index contributed by atoms with van der Waals surface area (Å²) in [7, 11) is 0. The molecule has 0 aromatic heterocycles. The Morgan fingerprint density at radius 3 is 2.41 bits per heavy atom. The molecule has 0 saturated carbocycles. The third-order valence-corrected chi connectivity index (χ3v) is 3.14. The maximum absolute atomic E-state index is 12.9. The average Bonchev–Trinajstić information content (AvgIpc) is 2.56. The van der Waals surface area contributed by atoms with Crippen LogP contribution in [0.3, 0.4) is 0 Å². The second-order valence-electron chi connectivity index (χ2n) is 4.44. The van der Waals surface area contributed by atoms with Gasteiger partial charge in [0.05, 0.1) is 5.56 Å². The lowest BCUT2D eigenvalue weighted by Crippen LogP contribution is -2.32. The van der Waals surface area contributed by atoms with E-state index in [1.54, 1.807) is 0 Å². The molecule has 1 aromatic rings. The first kappa shape index (κ1) is 11.9. The Labute approximate surface area is 100 Å². The molecule has 92 valence electrons. The number of benzene rings is 1. The number of nitrogen functional groups attached to an aromatic ring is 1. The molecule has 3 nitrogen and oxygen atoms in total. The van der Waals surface area contributed by atoms with Crippen molar-refractivity contribution in [3.05, 3.63) is 29.6 Å². The van der Waals surface area contributed by atoms with Gasteiger partial charge in [-0.3, -0.25) is 4.79 Å². The summed E-state index contributed by atoms with van der Waals surface area (Å²) in [6.45, 7) is 1.55. The van der Waals surface area contributed by atoms with E-state index in [1.165, 1.54) is 31.0 Å². The summed E-state index contributed by atoms with van der Waals surface area (Å²) in [5.41, 5.74) is 6.31. The minimum atomic E-state index is -0.407. The molecule has 1 aromatic carbocycles. The van der Waals surface area contributed by atoms with E-state index in [4.69, 9.17) is 5.73 Å². The van der Waals surface area contributed by atoms with Crippen molar-refractivity contribution in [2.45, 2.75) is 25.7 Å². The number of carbonyl (C=O) groups excluding carboxylic acids is 1. The van der Waals surface area contributed by atoms with Gasteiger partial charge in [0, 0.05) is 18.8 Å². The van der Waals surface area contributed by atoms with E-state index in [0.29, 0.717) is 5.56 Å². The van der Waals surface area contributed by atoms with Crippen molar-refractivity contribution in [2.75, 3.05) is 18.8 Å². The van der Waals surface area contributed by atoms with E-state index in [0.717, 1.165) is 25.9 Å². The van der Waals surface area contributed by atoms with Gasteiger partial charge in [0.25, 0.3) is 5.91 Å². The number of hydrogen-bond acceptors (Lipinski definition) is 2. The molecule has 0 bridgehead atoms. The van der Waals surface area contributed by atoms with Crippen LogP contribution in [-0.4, -0.2) is 23.9 Å². The predicted octanol–water partition coefficient (Wildman–Crippen LogP) is 2.42. The monoisotopic (exact) mass is 236 g/mol. The lowest BCUT2D eigenvalue weighted by atomic mass is 10.1. The van der Waals surface area contributed by atoms with Crippen LogP contribution in [0.2, 0.25) is 0 Å². The zero-order chi connectivity index (χ0) is 12.3. The van der Waals surface area contributed by atoms with E-state index < -0.39 is 5.82 Å². The molecule has 1 amide bonds. The second kappa shape index (κ2) is 5.17. The highest BCUT2D eigenvalue weighted by atomic mass is 19.1. The summed E-state index contributed by atoms with van der Waals surface area (Å²) in [5, 5.41) is 0. The van der Waals surface area contributed by atoms with Crippen LogP contribution in [-0.2, 0) is 0 Å². The van der Waals surface area contributed by atoms with Gasteiger partial charge in [0.2, 0.25) is 0 Å². The van der Waals surface area contributed by atoms with Crippen molar-refractivity contribution in [1.82, 2.24) is 4.90 Å². The number of likely N-dealkylation sites (tertiary alicyclic amines) is 1. The van der Waals surface area contributed by atoms with Crippen LogP contribution < -0.4 is 5.73 Å². The fourth-order valence-corrected chi connectivity index (χ4v) is 2.17. The first-order valence-corrected chi connectivity index (χ1v) is 6.03. The largest absolute Gasteiger partial charge is 0.398 e. The summed E-state index contributed by atoms with van der Waals surface area (Å²) < 4.78 is 12.9. The van der Waals surface area contributed by atoms with Crippen LogP contribution in [0.1, 0.15) is 36.0 Å². The summed E-state index contributed by atoms with van der Waals surface area (Å²) in [5.74, 6) is -0.487. The van der Waals surface area contributed by atoms with E-state index in [2.05, 4.69) is 0 Å². The topological polar surface area (TPSA) is 46.3 Å². The average molecular weight is 236 g/mol. The number of rotatable bonds is 1. The minimum absolute atomic E-state index is 0.0793. The molecule has 17 heavy (non-hydrogen) atoms. The molecule has 0 unspecified atom stereocenters. The highest BCUT2D eigenvalue weighted by Gasteiger charge is 2.19. The van der Waals surface area contributed by atoms with Crippen molar-refractivity contribution in [2.24, 2.45) is 0 Å². The lowest BCUT2D eigenvalue weighted by Gasteiger charge is -2.21. The Kier molecular flexibility index (Phi) is 3.61. The van der Waals surface area contributed by atoms with Gasteiger partial charge in [0.15, 0.2) is 0 Å². The van der Waals surface area contributed by atoms with Crippen LogP contribution >= 0.6 is 0 Å². The first-order chi connectivity index (χ1) is 8.18. The second-order valence-corrected chi connectivity index (χ2v) is 4.44. The lowest BCUT2D eigenvalue weighted by molar-refractivity contribution is 0.0762. The molecular weight excluding hydrogens is 219 g/mol. The van der Waals surface area contributed by atoms with Crippen LogP contribution in [0.5, 0.6) is 0 Å². The quantitative estimate of drug-likeness (QED) is 0.761. The number of nitrogens with zero attached hydrogens (tertiary/aromatic N) is 1. The molecule has 2 N–H and O–H groups in total. The van der Waals surface area contributed by atoms with E-state index in [-0.39, 0.29) is 11.6 Å². The summed E-state index contributed by atoms with van der Waals surface area (Å²) in [6.07, 6.45) is 4.41. The highest BCUT2D eigenvalue weighted by molar-refractivity contribution is 5.99. The molecule has 0 atom stereocenters. The first-order valence-electron chi connectivity index (χ1n) is 6.03. The van der Waals surface area contributed by atoms with Gasteiger partial charge in [-0.15, -0.1) is 0 Å². The van der Waals surface area contributed by atoms with Crippen LogP contribution in [0.4, 0.5) is 10.1 Å². The fraction of sp³-hybridized carbons (Fsp3) is 0.462. The van der Waals surface area contributed by atoms with Gasteiger partial charge in [-0.1, -0.05) is 12.8 Å². The predicted molar refractivity (Wildman–Crippen MR) is 65.2 cm³/mol. The van der Waals surface area contributed by atoms with Gasteiger partial charge in [0.1, 0.15) is 5.82 Å². The maximum Gasteiger partial charge on any atom is 0.255 e. The van der Waals surface area contributed by atoms with Crippen molar-refractivity contribution in [1.29, 1.82) is 0 Å². The number of amides is 1. The fourth-order valence-electron chi connectivity index (χ4n) is 2.17. The minimum Gasteiger partial charge on any atom is -0.398 e. The smallest absolute Gasteiger partial charge is 0.255 e. The number of carbonyl (C=O) groups is 1. The van der Waals surface area contributed by atoms with Crippen molar-refractivity contribution in [3.63, 3.8) is 0 Å². The highest BCUT2D eigenvalue weighted by Crippen LogP contribution is 2.18. The summed E-state index contributed by atoms with van der Waals surface area (Å²) in [6, 6.07) is 3.95. The van der Waals surface area contributed by atoms with Gasteiger partial charge >= 0.3 is 0 Å². The van der Waals surface area contributed by atoms with Gasteiger partial charge in [-0.05, 0) is 31.0 Å². The number of hydrogen-bond donors (Lipinski definition) is 1. The molecule has 0 radical (unpaired) electrons. The molecule has 0 aliphatic carbocycles. The van der Waals surface area contributed by atoms with Gasteiger partial charge < -0.3 is 10.6 Å². The van der Waals surface area contributed by atoms with Crippen molar-refractivity contribution in [3.8, 4) is 0 Å². The van der Waals surface area contributed by atoms with E-state index >= 15 is 0 Å². The number of nitrogens with two attached hydrogens (primary N) is 1. The Morgan fingerprint density at radius 1 is 1.18 bits per heavy atom. The Morgan fingerprint density at radius 2 is 1.82 bits per heavy atom. The zero-order valence-corrected chi connectivity index (χ0v) is 9.79. The molecular formula is C13H17FN2O. The van der Waals surface area contributed by atoms with Crippen LogP contribution in [0.25, 0.3) is 0 Å². The molecule has 0 spiro atoms. The number of anilines is 1. The normalized spacial score (nSPS) is 16.6. The summed E-state index contributed by atoms with van der Waals surface area (Å²) in [4.78, 5) is 14.0. The van der Waals surface area contributed by atoms with E-state index in [9.17, 15) is 9.18 Å². The Balaban J connectivity index is 2.17. The van der Waals surface area contributed by atoms with Crippen LogP contribution in [0, 0.1) is 5.82 Å². The summed E-state index contributed by atoms with van der Waals surface area (Å²) >= 11 is 0. The Bertz CT molecular complexity index is 412. The van der Waals surface area contributed by atoms with Gasteiger partial charge in [-0.25, -0.2) is 4.39 Å². The molecule has 1 aliphatic rings. The van der Waals surface area contributed by atoms with E-state index in [1.807, 2.05) is 4.90 Å². The standard InChI is InChI=1S/C13H17FN2O/c14-10-5-6-11(12(15)9-10)13(17)16-7-3-1-2-4-8-16/h5-6,9H,1-4,7-8,15H2. The molecule has 1 aliphatic heterocycles. The van der Waals surface area contributed by atoms with Crippen molar-refractivity contribution >= 4 is 11.6 Å². The van der Waals surface area contributed by atoms with Crippen LogP contribution in [0.15, 0.2) is 18.2 Å². The van der Waals surface area contributed by atoms with Gasteiger partial charge in [-0.2, -0.15) is 0 Å². The molecule has 2 rings (SSSR count). The zero-order valence-electron chi connectivity index (χ0n) is 9.79. The Hall–Kier alpha value is -1.58. The molecule has 4 heteroatoms. The molecule has 1 heterocycles. The SMILES string of the molecule is Nc1cc(F)ccc1C(=O)N1CCCCCC1.